The SMILES string of the molecule is Cc1cnc(N)c(OC(F)(F)F)c1Cl. The van der Waals surface area contributed by atoms with Gasteiger partial charge in [0.2, 0.25) is 0 Å². The number of hydrogen-bond acceptors (Lipinski definition) is 3. The van der Waals surface area contributed by atoms with Crippen LogP contribution in [0.4, 0.5) is 19.0 Å². The number of aryl methyl sites for hydroxylation is 1. The van der Waals surface area contributed by atoms with Crippen LogP contribution in [0.15, 0.2) is 6.20 Å². The van der Waals surface area contributed by atoms with Gasteiger partial charge in [0.15, 0.2) is 11.6 Å². The third-order valence-corrected chi connectivity index (χ3v) is 1.86. The van der Waals surface area contributed by atoms with Crippen LogP contribution in [0, 0.1) is 6.92 Å². The fourth-order valence-electron chi connectivity index (χ4n) is 0.786. The van der Waals surface area contributed by atoms with Gasteiger partial charge in [0.25, 0.3) is 0 Å². The molecular formula is C7H6ClF3N2O. The van der Waals surface area contributed by atoms with Crippen molar-refractivity contribution in [2.75, 3.05) is 5.73 Å². The van der Waals surface area contributed by atoms with E-state index in [4.69, 9.17) is 17.3 Å². The van der Waals surface area contributed by atoms with Gasteiger partial charge in [0.05, 0.1) is 5.02 Å². The first-order chi connectivity index (χ1) is 6.31. The topological polar surface area (TPSA) is 48.1 Å². The predicted molar refractivity (Wildman–Crippen MR) is 45.1 cm³/mol. The number of aromatic nitrogens is 1. The van der Waals surface area contributed by atoms with Gasteiger partial charge in [-0.05, 0) is 12.5 Å². The Hall–Kier alpha value is -1.17. The van der Waals surface area contributed by atoms with Crippen LogP contribution in [0.3, 0.4) is 0 Å². The molecule has 2 N–H and O–H groups in total. The van der Waals surface area contributed by atoms with Crippen LogP contribution in [0.25, 0.3) is 0 Å². The molecule has 0 unspecified atom stereocenters. The standard InChI is InChI=1S/C7H6ClF3N2O/c1-3-2-13-6(12)5(4(3)8)14-7(9,10)11/h2H,1H3,(H2,12,13). The number of hydrogen-bond donors (Lipinski definition) is 1. The smallest absolute Gasteiger partial charge is 0.400 e. The molecule has 3 nitrogen and oxygen atoms in total. The summed E-state index contributed by atoms with van der Waals surface area (Å²) in [6.07, 6.45) is -3.56. The van der Waals surface area contributed by atoms with Crippen LogP contribution in [-0.4, -0.2) is 11.3 Å². The summed E-state index contributed by atoms with van der Waals surface area (Å²) < 4.78 is 39.2. The van der Waals surface area contributed by atoms with Gasteiger partial charge >= 0.3 is 6.36 Å². The minimum atomic E-state index is -4.83. The molecule has 1 rings (SSSR count). The van der Waals surface area contributed by atoms with Gasteiger partial charge in [-0.15, -0.1) is 13.2 Å². The molecular weight excluding hydrogens is 221 g/mol. The molecule has 0 saturated carbocycles. The van der Waals surface area contributed by atoms with Crippen molar-refractivity contribution in [1.82, 2.24) is 4.98 Å². The molecule has 0 aromatic carbocycles. The molecule has 0 spiro atoms. The molecule has 14 heavy (non-hydrogen) atoms. The Morgan fingerprint density at radius 2 is 2.07 bits per heavy atom. The average Bonchev–Trinajstić information content (AvgIpc) is 2.04. The second kappa shape index (κ2) is 3.53. The van der Waals surface area contributed by atoms with Crippen LogP contribution in [-0.2, 0) is 0 Å². The fraction of sp³-hybridized carbons (Fsp3) is 0.286. The molecule has 0 aliphatic carbocycles. The zero-order valence-corrected chi connectivity index (χ0v) is 7.78. The summed E-state index contributed by atoms with van der Waals surface area (Å²) in [6, 6.07) is 0. The van der Waals surface area contributed by atoms with Crippen molar-refractivity contribution in [3.05, 3.63) is 16.8 Å². The number of alkyl halides is 3. The quantitative estimate of drug-likeness (QED) is 0.801. The van der Waals surface area contributed by atoms with Gasteiger partial charge in [-0.2, -0.15) is 0 Å². The van der Waals surface area contributed by atoms with Gasteiger partial charge in [-0.25, -0.2) is 4.98 Å². The van der Waals surface area contributed by atoms with E-state index >= 15 is 0 Å². The third-order valence-electron chi connectivity index (χ3n) is 1.39. The van der Waals surface area contributed by atoms with Crippen molar-refractivity contribution >= 4 is 17.4 Å². The highest BCUT2D eigenvalue weighted by Gasteiger charge is 2.33. The van der Waals surface area contributed by atoms with Crippen LogP contribution < -0.4 is 10.5 Å². The third kappa shape index (κ3) is 2.41. The monoisotopic (exact) mass is 226 g/mol. The van der Waals surface area contributed by atoms with Crippen LogP contribution >= 0.6 is 11.6 Å². The Bertz CT molecular complexity index is 354. The zero-order valence-electron chi connectivity index (χ0n) is 7.02. The maximum Gasteiger partial charge on any atom is 0.573 e. The second-order valence-corrected chi connectivity index (χ2v) is 2.90. The molecule has 7 heteroatoms. The van der Waals surface area contributed by atoms with E-state index in [1.165, 1.54) is 13.1 Å². The summed E-state index contributed by atoms with van der Waals surface area (Å²) in [7, 11) is 0. The van der Waals surface area contributed by atoms with E-state index in [2.05, 4.69) is 9.72 Å². The lowest BCUT2D eigenvalue weighted by atomic mass is 10.3. The van der Waals surface area contributed by atoms with Crippen molar-refractivity contribution in [3.63, 3.8) is 0 Å². The number of pyridine rings is 1. The van der Waals surface area contributed by atoms with E-state index in [1.807, 2.05) is 0 Å². The van der Waals surface area contributed by atoms with E-state index in [0.29, 0.717) is 5.56 Å². The first-order valence-corrected chi connectivity index (χ1v) is 3.85. The number of halogens is 4. The lowest BCUT2D eigenvalue weighted by Gasteiger charge is -2.12. The van der Waals surface area contributed by atoms with Crippen molar-refractivity contribution in [2.24, 2.45) is 0 Å². The van der Waals surface area contributed by atoms with Crippen molar-refractivity contribution < 1.29 is 17.9 Å². The first kappa shape index (κ1) is 10.9. The number of anilines is 1. The Morgan fingerprint density at radius 3 is 2.57 bits per heavy atom. The van der Waals surface area contributed by atoms with E-state index in [1.54, 1.807) is 0 Å². The Morgan fingerprint density at radius 1 is 1.50 bits per heavy atom. The van der Waals surface area contributed by atoms with Crippen molar-refractivity contribution in [2.45, 2.75) is 13.3 Å². The first-order valence-electron chi connectivity index (χ1n) is 3.47. The molecule has 0 bridgehead atoms. The molecule has 1 aromatic rings. The summed E-state index contributed by atoms with van der Waals surface area (Å²) >= 11 is 5.56. The molecule has 0 fully saturated rings. The summed E-state index contributed by atoms with van der Waals surface area (Å²) in [5, 5.41) is -0.185. The largest absolute Gasteiger partial charge is 0.573 e. The van der Waals surface area contributed by atoms with E-state index < -0.39 is 17.9 Å². The summed E-state index contributed by atoms with van der Waals surface area (Å²) in [5.41, 5.74) is 5.54. The molecule has 0 amide bonds. The number of nitrogen functional groups attached to an aromatic ring is 1. The second-order valence-electron chi connectivity index (χ2n) is 2.52. The number of ether oxygens (including phenoxy) is 1. The van der Waals surface area contributed by atoms with Gasteiger partial charge < -0.3 is 10.5 Å². The van der Waals surface area contributed by atoms with Gasteiger partial charge in [0.1, 0.15) is 0 Å². The molecule has 1 aromatic heterocycles. The van der Waals surface area contributed by atoms with E-state index in [-0.39, 0.29) is 5.02 Å². The molecule has 0 aliphatic rings. The highest BCUT2D eigenvalue weighted by Crippen LogP contribution is 2.35. The number of nitrogens with zero attached hydrogens (tertiary/aromatic N) is 1. The zero-order chi connectivity index (χ0) is 10.9. The molecule has 0 atom stereocenters. The highest BCUT2D eigenvalue weighted by atomic mass is 35.5. The minimum absolute atomic E-state index is 0.185. The van der Waals surface area contributed by atoms with Gasteiger partial charge in [0, 0.05) is 6.20 Å². The highest BCUT2D eigenvalue weighted by molar-refractivity contribution is 6.33. The average molecular weight is 227 g/mol. The van der Waals surface area contributed by atoms with E-state index in [0.717, 1.165) is 0 Å². The minimum Gasteiger partial charge on any atom is -0.400 e. The maximum atomic E-state index is 11.9. The fourth-order valence-corrected chi connectivity index (χ4v) is 0.970. The normalized spacial score (nSPS) is 11.5. The molecule has 0 radical (unpaired) electrons. The van der Waals surface area contributed by atoms with Crippen LogP contribution in [0.1, 0.15) is 5.56 Å². The van der Waals surface area contributed by atoms with Crippen LogP contribution in [0.2, 0.25) is 5.02 Å². The number of rotatable bonds is 1. The molecule has 1 heterocycles. The molecule has 0 saturated heterocycles. The Balaban J connectivity index is 3.13. The molecule has 0 aliphatic heterocycles. The van der Waals surface area contributed by atoms with Crippen molar-refractivity contribution in [3.8, 4) is 5.75 Å². The summed E-state index contributed by atoms with van der Waals surface area (Å²) in [6.45, 7) is 1.50. The number of nitrogens with two attached hydrogens (primary N) is 1. The summed E-state index contributed by atoms with van der Waals surface area (Å²) in [5.74, 6) is -1.04. The Labute approximate surface area is 82.6 Å². The van der Waals surface area contributed by atoms with E-state index in [9.17, 15) is 13.2 Å². The predicted octanol–water partition coefficient (Wildman–Crippen LogP) is 2.52. The molecule has 78 valence electrons. The van der Waals surface area contributed by atoms with Gasteiger partial charge in [-0.3, -0.25) is 0 Å². The summed E-state index contributed by atoms with van der Waals surface area (Å²) in [4.78, 5) is 3.49. The maximum absolute atomic E-state index is 11.9. The lowest BCUT2D eigenvalue weighted by Crippen LogP contribution is -2.18. The van der Waals surface area contributed by atoms with Crippen molar-refractivity contribution in [1.29, 1.82) is 0 Å². The van der Waals surface area contributed by atoms with Crippen LogP contribution in [0.5, 0.6) is 5.75 Å². The Kier molecular flexibility index (Phi) is 2.75. The van der Waals surface area contributed by atoms with Gasteiger partial charge in [-0.1, -0.05) is 11.6 Å². The lowest BCUT2D eigenvalue weighted by molar-refractivity contribution is -0.274.